The normalized spacial score (nSPS) is 16.5. The second-order valence-electron chi connectivity index (χ2n) is 5.29. The van der Waals surface area contributed by atoms with Gasteiger partial charge in [0, 0.05) is 6.04 Å². The first-order valence-electron chi connectivity index (χ1n) is 6.69. The molecule has 20 heavy (non-hydrogen) atoms. The molecule has 0 atom stereocenters. The monoisotopic (exact) mass is 297 g/mol. The summed E-state index contributed by atoms with van der Waals surface area (Å²) >= 11 is 0. The van der Waals surface area contributed by atoms with Gasteiger partial charge < -0.3 is 5.11 Å². The van der Waals surface area contributed by atoms with Gasteiger partial charge in [0.2, 0.25) is 10.0 Å². The van der Waals surface area contributed by atoms with E-state index in [0.29, 0.717) is 11.1 Å². The Bertz CT molecular complexity index is 631. The smallest absolute Gasteiger partial charge is 0.336 e. The molecule has 1 aromatic rings. The molecule has 1 aliphatic rings. The van der Waals surface area contributed by atoms with E-state index in [1.54, 1.807) is 19.9 Å². The molecule has 1 fully saturated rings. The number of aryl methyl sites for hydroxylation is 1. The number of sulfonamides is 1. The standard InChI is InChI=1S/C14H19NO4S/c1-9-7-8-12(10(2)13(9)14(16)17)20(18,19)15-11-5-3-4-6-11/h7-8,11,15H,3-6H2,1-2H3,(H,16,17). The van der Waals surface area contributed by atoms with Gasteiger partial charge in [-0.15, -0.1) is 0 Å². The first kappa shape index (κ1) is 15.0. The lowest BCUT2D eigenvalue weighted by atomic mass is 10.0. The van der Waals surface area contributed by atoms with Crippen LogP contribution in [-0.4, -0.2) is 25.5 Å². The third kappa shape index (κ3) is 2.86. The third-order valence-electron chi connectivity index (χ3n) is 3.80. The first-order chi connectivity index (χ1) is 9.33. The van der Waals surface area contributed by atoms with Crippen LogP contribution in [0.4, 0.5) is 0 Å². The van der Waals surface area contributed by atoms with Gasteiger partial charge in [0.05, 0.1) is 10.5 Å². The maximum absolute atomic E-state index is 12.4. The van der Waals surface area contributed by atoms with E-state index >= 15 is 0 Å². The molecule has 1 aromatic carbocycles. The highest BCUT2D eigenvalue weighted by Gasteiger charge is 2.26. The summed E-state index contributed by atoms with van der Waals surface area (Å²) in [7, 11) is -3.66. The van der Waals surface area contributed by atoms with Gasteiger partial charge in [0.25, 0.3) is 0 Å². The molecular weight excluding hydrogens is 278 g/mol. The van der Waals surface area contributed by atoms with Crippen molar-refractivity contribution in [1.29, 1.82) is 0 Å². The highest BCUT2D eigenvalue weighted by atomic mass is 32.2. The third-order valence-corrected chi connectivity index (χ3v) is 5.47. The molecule has 0 spiro atoms. The van der Waals surface area contributed by atoms with Crippen molar-refractivity contribution < 1.29 is 18.3 Å². The number of hydrogen-bond donors (Lipinski definition) is 2. The fourth-order valence-electron chi connectivity index (χ4n) is 2.77. The van der Waals surface area contributed by atoms with E-state index < -0.39 is 16.0 Å². The van der Waals surface area contributed by atoms with Gasteiger partial charge in [-0.05, 0) is 43.9 Å². The van der Waals surface area contributed by atoms with Crippen molar-refractivity contribution in [2.45, 2.75) is 50.5 Å². The van der Waals surface area contributed by atoms with Crippen LogP contribution in [0.25, 0.3) is 0 Å². The van der Waals surface area contributed by atoms with E-state index in [9.17, 15) is 18.3 Å². The Hall–Kier alpha value is -1.40. The molecular formula is C14H19NO4S. The molecule has 0 radical (unpaired) electrons. The van der Waals surface area contributed by atoms with Crippen molar-refractivity contribution in [3.05, 3.63) is 28.8 Å². The Balaban J connectivity index is 2.41. The largest absolute Gasteiger partial charge is 0.478 e. The zero-order valence-corrected chi connectivity index (χ0v) is 12.5. The predicted molar refractivity (Wildman–Crippen MR) is 75.5 cm³/mol. The van der Waals surface area contributed by atoms with Crippen LogP contribution in [0.15, 0.2) is 17.0 Å². The molecule has 2 rings (SSSR count). The molecule has 0 aliphatic heterocycles. The summed E-state index contributed by atoms with van der Waals surface area (Å²) < 4.78 is 27.5. The molecule has 0 saturated heterocycles. The number of benzene rings is 1. The second kappa shape index (κ2) is 5.54. The van der Waals surface area contributed by atoms with Crippen molar-refractivity contribution in [1.82, 2.24) is 4.72 Å². The summed E-state index contributed by atoms with van der Waals surface area (Å²) in [5, 5.41) is 9.21. The van der Waals surface area contributed by atoms with Gasteiger partial charge in [-0.1, -0.05) is 18.9 Å². The van der Waals surface area contributed by atoms with Crippen molar-refractivity contribution in [3.8, 4) is 0 Å². The van der Waals surface area contributed by atoms with E-state index in [0.717, 1.165) is 25.7 Å². The molecule has 6 heteroatoms. The molecule has 0 amide bonds. The second-order valence-corrected chi connectivity index (χ2v) is 6.97. The minimum atomic E-state index is -3.66. The number of carboxylic acids is 1. The van der Waals surface area contributed by atoms with E-state index in [4.69, 9.17) is 0 Å². The Kier molecular flexibility index (Phi) is 4.15. The average molecular weight is 297 g/mol. The maximum Gasteiger partial charge on any atom is 0.336 e. The number of carboxylic acid groups (broad SMARTS) is 1. The molecule has 0 bridgehead atoms. The molecule has 1 saturated carbocycles. The molecule has 1 aliphatic carbocycles. The van der Waals surface area contributed by atoms with Crippen LogP contribution in [0, 0.1) is 13.8 Å². The summed E-state index contributed by atoms with van der Waals surface area (Å²) in [5.41, 5.74) is 0.928. The summed E-state index contributed by atoms with van der Waals surface area (Å²) in [6.45, 7) is 3.21. The lowest BCUT2D eigenvalue weighted by Crippen LogP contribution is -2.33. The Labute approximate surface area is 119 Å². The predicted octanol–water partition coefficient (Wildman–Crippen LogP) is 2.22. The van der Waals surface area contributed by atoms with Crippen LogP contribution in [-0.2, 0) is 10.0 Å². The van der Waals surface area contributed by atoms with Gasteiger partial charge in [0.1, 0.15) is 0 Å². The summed E-state index contributed by atoms with van der Waals surface area (Å²) in [4.78, 5) is 11.3. The fraction of sp³-hybridized carbons (Fsp3) is 0.500. The zero-order chi connectivity index (χ0) is 14.9. The topological polar surface area (TPSA) is 83.5 Å². The van der Waals surface area contributed by atoms with E-state index in [2.05, 4.69) is 4.72 Å². The van der Waals surface area contributed by atoms with Crippen LogP contribution in [0.5, 0.6) is 0 Å². The zero-order valence-electron chi connectivity index (χ0n) is 11.6. The minimum Gasteiger partial charge on any atom is -0.478 e. The van der Waals surface area contributed by atoms with Crippen LogP contribution in [0.3, 0.4) is 0 Å². The molecule has 2 N–H and O–H groups in total. The van der Waals surface area contributed by atoms with Gasteiger partial charge in [-0.3, -0.25) is 0 Å². The number of hydrogen-bond acceptors (Lipinski definition) is 3. The molecule has 110 valence electrons. The van der Waals surface area contributed by atoms with E-state index in [1.165, 1.54) is 6.07 Å². The van der Waals surface area contributed by atoms with Gasteiger partial charge in [-0.25, -0.2) is 17.9 Å². The Morgan fingerprint density at radius 1 is 1.25 bits per heavy atom. The van der Waals surface area contributed by atoms with Crippen LogP contribution in [0.2, 0.25) is 0 Å². The van der Waals surface area contributed by atoms with Crippen LogP contribution in [0.1, 0.15) is 47.2 Å². The summed E-state index contributed by atoms with van der Waals surface area (Å²) in [5.74, 6) is -1.10. The first-order valence-corrected chi connectivity index (χ1v) is 8.17. The van der Waals surface area contributed by atoms with Crippen molar-refractivity contribution >= 4 is 16.0 Å². The van der Waals surface area contributed by atoms with Crippen molar-refractivity contribution in [3.63, 3.8) is 0 Å². The molecule has 5 nitrogen and oxygen atoms in total. The lowest BCUT2D eigenvalue weighted by Gasteiger charge is -2.16. The van der Waals surface area contributed by atoms with Gasteiger partial charge >= 0.3 is 5.97 Å². The molecule has 0 heterocycles. The fourth-order valence-corrected chi connectivity index (χ4v) is 4.33. The molecule has 0 unspecified atom stereocenters. The Morgan fingerprint density at radius 3 is 2.40 bits per heavy atom. The Morgan fingerprint density at radius 2 is 1.85 bits per heavy atom. The van der Waals surface area contributed by atoms with Crippen molar-refractivity contribution in [2.75, 3.05) is 0 Å². The maximum atomic E-state index is 12.4. The lowest BCUT2D eigenvalue weighted by molar-refractivity contribution is 0.0695. The number of rotatable bonds is 4. The SMILES string of the molecule is Cc1ccc(S(=O)(=O)NC2CCCC2)c(C)c1C(=O)O. The quantitative estimate of drug-likeness (QED) is 0.892. The highest BCUT2D eigenvalue weighted by molar-refractivity contribution is 7.89. The van der Waals surface area contributed by atoms with E-state index in [-0.39, 0.29) is 16.5 Å². The number of nitrogens with one attached hydrogen (secondary N) is 1. The number of aromatic carboxylic acids is 1. The highest BCUT2D eigenvalue weighted by Crippen LogP contribution is 2.25. The average Bonchev–Trinajstić information content (AvgIpc) is 2.79. The number of carbonyl (C=O) groups is 1. The van der Waals surface area contributed by atoms with Crippen LogP contribution >= 0.6 is 0 Å². The van der Waals surface area contributed by atoms with Gasteiger partial charge in [0.15, 0.2) is 0 Å². The summed E-state index contributed by atoms with van der Waals surface area (Å²) in [6, 6.07) is 2.99. The van der Waals surface area contributed by atoms with Crippen molar-refractivity contribution in [2.24, 2.45) is 0 Å². The minimum absolute atomic E-state index is 0.0334. The molecule has 0 aromatic heterocycles. The van der Waals surface area contributed by atoms with Gasteiger partial charge in [-0.2, -0.15) is 0 Å². The van der Waals surface area contributed by atoms with E-state index in [1.807, 2.05) is 0 Å². The summed E-state index contributed by atoms with van der Waals surface area (Å²) in [6.07, 6.45) is 3.74. The van der Waals surface area contributed by atoms with Crippen LogP contribution < -0.4 is 4.72 Å².